The molecule has 1 saturated heterocycles. The van der Waals surface area contributed by atoms with E-state index >= 15 is 0 Å². The van der Waals surface area contributed by atoms with E-state index in [1.54, 1.807) is 0 Å². The van der Waals surface area contributed by atoms with Gasteiger partial charge in [-0.1, -0.05) is 0 Å². The largest absolute Gasteiger partial charge is 0.573 e. The molecule has 7 rings (SSSR count). The molecule has 0 aromatic carbocycles. The Morgan fingerprint density at radius 3 is 2.76 bits per heavy atom. The van der Waals surface area contributed by atoms with Gasteiger partial charge in [0.1, 0.15) is 5.70 Å². The number of quaternary nitrogens is 1. The molecule has 2 heterocycles. The van der Waals surface area contributed by atoms with Gasteiger partial charge in [-0.15, -0.1) is 13.2 Å². The summed E-state index contributed by atoms with van der Waals surface area (Å²) in [5.74, 6) is 1.80. The minimum absolute atomic E-state index is 0.144. The van der Waals surface area contributed by atoms with E-state index in [2.05, 4.69) is 19.9 Å². The maximum Gasteiger partial charge on any atom is 0.573 e. The van der Waals surface area contributed by atoms with Gasteiger partial charge in [0.2, 0.25) is 0 Å². The normalized spacial score (nSPS) is 35.3. The van der Waals surface area contributed by atoms with Crippen LogP contribution in [0.25, 0.3) is 0 Å². The lowest BCUT2D eigenvalue weighted by molar-refractivity contribution is -0.616. The molecule has 5 aliphatic carbocycles. The van der Waals surface area contributed by atoms with Crippen molar-refractivity contribution in [3.05, 3.63) is 29.6 Å². The quantitative estimate of drug-likeness (QED) is 0.509. The van der Waals surface area contributed by atoms with Gasteiger partial charge in [0.25, 0.3) is 0 Å². The topological polar surface area (TPSA) is 101 Å². The van der Waals surface area contributed by atoms with E-state index in [0.29, 0.717) is 23.8 Å². The van der Waals surface area contributed by atoms with Crippen LogP contribution in [0.1, 0.15) is 24.8 Å². The highest BCUT2D eigenvalue weighted by Gasteiger charge is 2.95. The summed E-state index contributed by atoms with van der Waals surface area (Å²) in [6.07, 6.45) is 2.04. The lowest BCUT2D eigenvalue weighted by atomic mass is 9.98. The zero-order valence-electron chi connectivity index (χ0n) is 18.3. The van der Waals surface area contributed by atoms with Crippen LogP contribution in [-0.4, -0.2) is 60.8 Å². The van der Waals surface area contributed by atoms with E-state index in [1.165, 1.54) is 31.2 Å². The molecule has 5 atom stereocenters. The molecule has 178 valence electrons. The van der Waals surface area contributed by atoms with Crippen molar-refractivity contribution >= 4 is 11.5 Å². The number of fused-ring (bicyclic) bond motifs is 1. The van der Waals surface area contributed by atoms with Gasteiger partial charge in [-0.05, 0) is 43.1 Å². The predicted octanol–water partition coefficient (Wildman–Crippen LogP) is 1.75. The van der Waals surface area contributed by atoms with Crippen molar-refractivity contribution in [3.63, 3.8) is 0 Å². The molecule has 10 heteroatoms. The van der Waals surface area contributed by atoms with Crippen LogP contribution >= 0.6 is 0 Å². The molecule has 5 unspecified atom stereocenters. The highest BCUT2D eigenvalue weighted by atomic mass is 19.4. The third kappa shape index (κ3) is 3.63. The van der Waals surface area contributed by atoms with Gasteiger partial charge in [0.05, 0.1) is 30.9 Å². The summed E-state index contributed by atoms with van der Waals surface area (Å²) in [4.78, 5) is 6.41. The lowest BCUT2D eigenvalue weighted by Crippen LogP contribution is -2.84. The number of rotatable bonds is 8. The van der Waals surface area contributed by atoms with Crippen LogP contribution in [0.2, 0.25) is 0 Å². The smallest absolute Gasteiger partial charge is 0.402 e. The first-order valence-corrected chi connectivity index (χ1v) is 11.8. The second kappa shape index (κ2) is 7.41. The average Bonchev–Trinajstić information content (AvgIpc) is 3.73. The Morgan fingerprint density at radius 2 is 2.09 bits per heavy atom. The molecule has 2 bridgehead atoms. The zero-order chi connectivity index (χ0) is 23.0. The molecular weight excluding hydrogens is 435 g/mol. The number of aromatic nitrogens is 1. The molecule has 6 fully saturated rings. The van der Waals surface area contributed by atoms with Gasteiger partial charge in [-0.3, -0.25) is 10.3 Å². The second-order valence-electron chi connectivity index (χ2n) is 10.1. The molecule has 0 spiro atoms. The summed E-state index contributed by atoms with van der Waals surface area (Å²) in [6, 6.07) is 1.74. The molecule has 5 saturated carbocycles. The van der Waals surface area contributed by atoms with Crippen molar-refractivity contribution in [1.82, 2.24) is 9.88 Å². The second-order valence-corrected chi connectivity index (χ2v) is 10.1. The van der Waals surface area contributed by atoms with Crippen molar-refractivity contribution in [2.75, 3.05) is 38.6 Å². The summed E-state index contributed by atoms with van der Waals surface area (Å²) in [6.45, 7) is 4.56. The highest BCUT2D eigenvalue weighted by Crippen LogP contribution is 2.93. The van der Waals surface area contributed by atoms with E-state index < -0.39 is 12.1 Å². The van der Waals surface area contributed by atoms with E-state index in [9.17, 15) is 13.2 Å². The van der Waals surface area contributed by atoms with E-state index in [4.69, 9.17) is 15.9 Å². The van der Waals surface area contributed by atoms with Crippen molar-refractivity contribution < 1.29 is 28.0 Å². The van der Waals surface area contributed by atoms with Crippen LogP contribution in [0.15, 0.2) is 24.0 Å². The van der Waals surface area contributed by atoms with Crippen LogP contribution in [0.5, 0.6) is 5.75 Å². The van der Waals surface area contributed by atoms with Crippen molar-refractivity contribution in [1.29, 1.82) is 5.41 Å². The van der Waals surface area contributed by atoms with E-state index in [-0.39, 0.29) is 22.5 Å². The fraction of sp³-hybridized carbons (Fsp3) is 0.652. The van der Waals surface area contributed by atoms with Crippen molar-refractivity contribution in [2.45, 2.75) is 31.7 Å². The number of hydrogen-bond acceptors (Lipinski definition) is 6. The van der Waals surface area contributed by atoms with Crippen LogP contribution in [0, 0.1) is 34.5 Å². The highest BCUT2D eigenvalue weighted by molar-refractivity contribution is 6.07. The molecule has 0 radical (unpaired) electrons. The molecule has 0 amide bonds. The van der Waals surface area contributed by atoms with Crippen molar-refractivity contribution in [2.24, 2.45) is 29.1 Å². The van der Waals surface area contributed by atoms with Gasteiger partial charge in [0.15, 0.2) is 11.6 Å². The Morgan fingerprint density at radius 1 is 1.33 bits per heavy atom. The number of anilines is 1. The number of nitrogen functional groups attached to an aromatic ring is 1. The minimum Gasteiger partial charge on any atom is -0.402 e. The maximum atomic E-state index is 12.7. The molecule has 1 aliphatic heterocycles. The van der Waals surface area contributed by atoms with Crippen molar-refractivity contribution in [3.8, 4) is 5.75 Å². The number of alkyl halides is 3. The summed E-state index contributed by atoms with van der Waals surface area (Å²) in [5, 5.41) is 10.9. The number of morpholine rings is 1. The SMILES string of the molecule is N=C(C=C([NH2+]CC1CC1)C12C3CC(N4CCOCC4)C1C32)c1cnc(N)c(OC(F)(F)F)c1. The fourth-order valence-electron chi connectivity index (χ4n) is 6.60. The average molecular weight is 465 g/mol. The minimum atomic E-state index is -4.86. The van der Waals surface area contributed by atoms with E-state index in [1.807, 2.05) is 6.08 Å². The van der Waals surface area contributed by atoms with E-state index in [0.717, 1.165) is 44.8 Å². The summed E-state index contributed by atoms with van der Waals surface area (Å²) < 4.78 is 47.7. The summed E-state index contributed by atoms with van der Waals surface area (Å²) >= 11 is 0. The number of nitrogens with two attached hydrogens (primary N) is 2. The first kappa shape index (κ1) is 21.4. The Labute approximate surface area is 190 Å². The van der Waals surface area contributed by atoms with Gasteiger partial charge >= 0.3 is 6.36 Å². The van der Waals surface area contributed by atoms with Crippen LogP contribution < -0.4 is 15.8 Å². The fourth-order valence-corrected chi connectivity index (χ4v) is 6.60. The Balaban J connectivity index is 1.24. The van der Waals surface area contributed by atoms with Crippen LogP contribution in [-0.2, 0) is 4.74 Å². The third-order valence-corrected chi connectivity index (χ3v) is 8.33. The van der Waals surface area contributed by atoms with Gasteiger partial charge in [-0.2, -0.15) is 0 Å². The number of nitrogens with one attached hydrogen (secondary N) is 1. The Hall–Kier alpha value is -2.17. The molecule has 5 N–H and O–H groups in total. The number of pyridine rings is 1. The molecule has 7 nitrogen and oxygen atoms in total. The number of allylic oxidation sites excluding steroid dienone is 2. The number of hydrogen-bond donors (Lipinski definition) is 3. The lowest BCUT2D eigenvalue weighted by Gasteiger charge is -2.32. The Kier molecular flexibility index (Phi) is 4.80. The molecule has 1 aromatic rings. The Bertz CT molecular complexity index is 998. The molecular formula is C23H29F3N5O2+. The molecule has 6 aliphatic rings. The predicted molar refractivity (Wildman–Crippen MR) is 113 cm³/mol. The standard InChI is InChI=1S/C23H28F3N5O2/c24-23(25,26)33-17-7-13(11-30-21(17)28)15(27)9-18(29-10-12-1-2-12)22-14-8-16(20(22)19(14)22)31-3-5-32-6-4-31/h7,9,11-12,14,16,19-20,27,29H,1-6,8,10H2,(H2,28,30)/p+1. The first-order chi connectivity index (χ1) is 15.8. The van der Waals surface area contributed by atoms with Gasteiger partial charge in [0, 0.05) is 42.9 Å². The monoisotopic (exact) mass is 464 g/mol. The number of halogens is 3. The summed E-state index contributed by atoms with van der Waals surface area (Å²) in [5.41, 5.74) is 7.34. The zero-order valence-corrected chi connectivity index (χ0v) is 18.3. The maximum absolute atomic E-state index is 12.7. The molecule has 33 heavy (non-hydrogen) atoms. The first-order valence-electron chi connectivity index (χ1n) is 11.8. The van der Waals surface area contributed by atoms with Gasteiger partial charge < -0.3 is 20.5 Å². The van der Waals surface area contributed by atoms with Gasteiger partial charge in [-0.25, -0.2) is 4.98 Å². The third-order valence-electron chi connectivity index (χ3n) is 8.33. The summed E-state index contributed by atoms with van der Waals surface area (Å²) in [7, 11) is 0. The number of nitrogens with zero attached hydrogens (tertiary/aromatic N) is 2. The van der Waals surface area contributed by atoms with Crippen LogP contribution in [0.4, 0.5) is 19.0 Å². The van der Waals surface area contributed by atoms with Crippen LogP contribution in [0.3, 0.4) is 0 Å². The number of ether oxygens (including phenoxy) is 2. The molecule has 1 aromatic heterocycles.